The van der Waals surface area contributed by atoms with Gasteiger partial charge < -0.3 is 5.32 Å². The van der Waals surface area contributed by atoms with Crippen molar-refractivity contribution >= 4 is 33.4 Å². The summed E-state index contributed by atoms with van der Waals surface area (Å²) < 4.78 is 4.76. The molecule has 0 saturated carbocycles. The summed E-state index contributed by atoms with van der Waals surface area (Å²) in [6.45, 7) is 1.49. The third-order valence-corrected chi connectivity index (χ3v) is 2.44. The number of carbonyl (C=O) groups excluding carboxylic acids is 1. The first kappa shape index (κ1) is 8.96. The van der Waals surface area contributed by atoms with E-state index < -0.39 is 0 Å². The minimum atomic E-state index is -0.0750. The lowest BCUT2D eigenvalue weighted by molar-refractivity contribution is -0.114. The number of anilines is 1. The summed E-state index contributed by atoms with van der Waals surface area (Å²) in [7, 11) is 0. The SMILES string of the molecule is CC(=O)Nc1cc2cc3no[nH]c3cc2c1. The largest absolute Gasteiger partial charge is 0.326 e. The molecule has 0 saturated heterocycles. The minimum Gasteiger partial charge on any atom is -0.326 e. The van der Waals surface area contributed by atoms with Gasteiger partial charge in [0.05, 0.1) is 0 Å². The Bertz CT molecular complexity index is 633. The number of rotatable bonds is 1. The number of aromatic amines is 1. The van der Waals surface area contributed by atoms with Crippen molar-refractivity contribution in [1.82, 2.24) is 10.3 Å². The maximum atomic E-state index is 10.9. The van der Waals surface area contributed by atoms with Crippen molar-refractivity contribution in [2.45, 2.75) is 6.92 Å². The van der Waals surface area contributed by atoms with Gasteiger partial charge in [-0.15, -0.1) is 0 Å². The van der Waals surface area contributed by atoms with Crippen molar-refractivity contribution < 1.29 is 9.42 Å². The van der Waals surface area contributed by atoms with Gasteiger partial charge in [0.15, 0.2) is 0 Å². The molecule has 5 heteroatoms. The van der Waals surface area contributed by atoms with Crippen LogP contribution in [0.15, 0.2) is 28.9 Å². The van der Waals surface area contributed by atoms with Crippen LogP contribution in [0.1, 0.15) is 6.92 Å². The maximum Gasteiger partial charge on any atom is 0.221 e. The fourth-order valence-corrected chi connectivity index (χ4v) is 1.80. The average Bonchev–Trinajstić information content (AvgIpc) is 2.76. The molecule has 3 rings (SSSR count). The summed E-state index contributed by atoms with van der Waals surface area (Å²) in [5.74, 6) is -0.0750. The summed E-state index contributed by atoms with van der Waals surface area (Å²) in [5, 5.41) is 11.3. The van der Waals surface area contributed by atoms with Crippen LogP contribution in [0.4, 0.5) is 5.69 Å². The van der Waals surface area contributed by atoms with Gasteiger partial charge in [-0.2, -0.15) is 5.16 Å². The molecular formula is C11H9N3O2. The molecule has 0 bridgehead atoms. The van der Waals surface area contributed by atoms with Crippen molar-refractivity contribution in [1.29, 1.82) is 0 Å². The highest BCUT2D eigenvalue weighted by Crippen LogP contribution is 2.26. The fraction of sp³-hybridized carbons (Fsp3) is 0.0909. The molecule has 3 aromatic rings. The van der Waals surface area contributed by atoms with E-state index in [4.69, 9.17) is 4.63 Å². The van der Waals surface area contributed by atoms with Gasteiger partial charge in [-0.05, 0) is 35.0 Å². The Balaban J connectivity index is 2.19. The molecule has 80 valence electrons. The van der Waals surface area contributed by atoms with Crippen molar-refractivity contribution in [3.8, 4) is 0 Å². The van der Waals surface area contributed by atoms with Gasteiger partial charge in [-0.1, -0.05) is 5.16 Å². The zero-order chi connectivity index (χ0) is 11.1. The van der Waals surface area contributed by atoms with Crippen LogP contribution in [0.25, 0.3) is 21.8 Å². The highest BCUT2D eigenvalue weighted by atomic mass is 16.6. The molecule has 5 nitrogen and oxygen atoms in total. The van der Waals surface area contributed by atoms with Crippen LogP contribution in [0, 0.1) is 0 Å². The van der Waals surface area contributed by atoms with E-state index in [1.807, 2.05) is 24.3 Å². The normalized spacial score (nSPS) is 11.1. The molecular weight excluding hydrogens is 206 g/mol. The number of carbonyl (C=O) groups is 1. The molecule has 16 heavy (non-hydrogen) atoms. The topological polar surface area (TPSA) is 70.9 Å². The highest BCUT2D eigenvalue weighted by molar-refractivity contribution is 6.01. The van der Waals surface area contributed by atoms with Crippen LogP contribution in [-0.2, 0) is 4.79 Å². The Kier molecular flexibility index (Phi) is 1.73. The molecule has 0 radical (unpaired) electrons. The first-order valence-electron chi connectivity index (χ1n) is 4.87. The molecule has 0 fully saturated rings. The van der Waals surface area contributed by atoms with Crippen LogP contribution >= 0.6 is 0 Å². The number of H-pyrrole nitrogens is 1. The monoisotopic (exact) mass is 215 g/mol. The molecule has 0 aliphatic heterocycles. The first-order valence-corrected chi connectivity index (χ1v) is 4.87. The predicted molar refractivity (Wildman–Crippen MR) is 60.2 cm³/mol. The number of nitrogens with one attached hydrogen (secondary N) is 2. The van der Waals surface area contributed by atoms with E-state index >= 15 is 0 Å². The number of fused-ring (bicyclic) bond motifs is 2. The summed E-state index contributed by atoms with van der Waals surface area (Å²) >= 11 is 0. The van der Waals surface area contributed by atoms with E-state index in [-0.39, 0.29) is 5.91 Å². The number of hydrogen-bond acceptors (Lipinski definition) is 3. The predicted octanol–water partition coefficient (Wildman–Crippen LogP) is 2.27. The zero-order valence-corrected chi connectivity index (χ0v) is 8.57. The Morgan fingerprint density at radius 1 is 1.31 bits per heavy atom. The van der Waals surface area contributed by atoms with Crippen molar-refractivity contribution in [2.24, 2.45) is 0 Å². The van der Waals surface area contributed by atoms with Gasteiger partial charge in [0, 0.05) is 12.6 Å². The van der Waals surface area contributed by atoms with Crippen LogP contribution < -0.4 is 5.32 Å². The van der Waals surface area contributed by atoms with Gasteiger partial charge in [0.1, 0.15) is 11.0 Å². The summed E-state index contributed by atoms with van der Waals surface area (Å²) in [5.41, 5.74) is 2.41. The first-order chi connectivity index (χ1) is 7.72. The lowest BCUT2D eigenvalue weighted by atomic mass is 10.2. The van der Waals surface area contributed by atoms with E-state index in [0.29, 0.717) is 0 Å². The third kappa shape index (κ3) is 1.33. The highest BCUT2D eigenvalue weighted by Gasteiger charge is 2.05. The van der Waals surface area contributed by atoms with Crippen molar-refractivity contribution in [3.63, 3.8) is 0 Å². The summed E-state index contributed by atoms with van der Waals surface area (Å²) in [6, 6.07) is 7.67. The Labute approximate surface area is 90.4 Å². The molecule has 1 aromatic heterocycles. The number of amides is 1. The van der Waals surface area contributed by atoms with Gasteiger partial charge in [0.25, 0.3) is 0 Å². The van der Waals surface area contributed by atoms with E-state index in [2.05, 4.69) is 15.6 Å². The fourth-order valence-electron chi connectivity index (χ4n) is 1.80. The Morgan fingerprint density at radius 3 is 2.81 bits per heavy atom. The lowest BCUT2D eigenvalue weighted by Crippen LogP contribution is -2.04. The summed E-state index contributed by atoms with van der Waals surface area (Å²) in [6.07, 6.45) is 0. The van der Waals surface area contributed by atoms with Crippen LogP contribution in [0.2, 0.25) is 0 Å². The number of aromatic nitrogens is 2. The summed E-state index contributed by atoms with van der Waals surface area (Å²) in [4.78, 5) is 10.9. The molecule has 0 unspecified atom stereocenters. The molecule has 0 spiro atoms. The average molecular weight is 215 g/mol. The van der Waals surface area contributed by atoms with Crippen LogP contribution in [0.5, 0.6) is 0 Å². The standard InChI is InChI=1S/C11H9N3O2/c1-6(15)12-9-2-7-4-10-11(14-16-13-10)5-8(7)3-9/h2-5,13H,1H3,(H,12,15). The Hall–Kier alpha value is -2.30. The second kappa shape index (κ2) is 3.10. The molecule has 1 amide bonds. The van der Waals surface area contributed by atoms with Crippen LogP contribution in [-0.4, -0.2) is 16.2 Å². The van der Waals surface area contributed by atoms with E-state index in [0.717, 1.165) is 27.5 Å². The second-order valence-corrected chi connectivity index (χ2v) is 3.71. The van der Waals surface area contributed by atoms with E-state index in [9.17, 15) is 4.79 Å². The van der Waals surface area contributed by atoms with Crippen LogP contribution in [0.3, 0.4) is 0 Å². The minimum absolute atomic E-state index is 0.0750. The lowest BCUT2D eigenvalue weighted by Gasteiger charge is -1.94. The van der Waals surface area contributed by atoms with E-state index in [1.54, 1.807) is 0 Å². The molecule has 0 aliphatic carbocycles. The number of hydrogen-bond donors (Lipinski definition) is 2. The number of nitrogens with zero attached hydrogens (tertiary/aromatic N) is 1. The van der Waals surface area contributed by atoms with Gasteiger partial charge in [-0.3, -0.25) is 9.42 Å². The van der Waals surface area contributed by atoms with Gasteiger partial charge in [0.2, 0.25) is 5.91 Å². The third-order valence-electron chi connectivity index (χ3n) is 2.44. The Morgan fingerprint density at radius 2 is 2.06 bits per heavy atom. The zero-order valence-electron chi connectivity index (χ0n) is 8.57. The van der Waals surface area contributed by atoms with Gasteiger partial charge >= 0.3 is 0 Å². The quantitative estimate of drug-likeness (QED) is 0.654. The molecule has 0 aliphatic rings. The maximum absolute atomic E-state index is 10.9. The molecule has 1 heterocycles. The van der Waals surface area contributed by atoms with Crippen molar-refractivity contribution in [2.75, 3.05) is 5.32 Å². The number of benzene rings is 1. The molecule has 0 atom stereocenters. The molecule has 2 N–H and O–H groups in total. The van der Waals surface area contributed by atoms with Crippen molar-refractivity contribution in [3.05, 3.63) is 24.3 Å². The van der Waals surface area contributed by atoms with E-state index in [1.165, 1.54) is 6.92 Å². The second-order valence-electron chi connectivity index (χ2n) is 3.71. The molecule has 2 aromatic carbocycles. The smallest absolute Gasteiger partial charge is 0.221 e. The van der Waals surface area contributed by atoms with Gasteiger partial charge in [-0.25, -0.2) is 0 Å².